The van der Waals surface area contributed by atoms with Crippen LogP contribution in [0.3, 0.4) is 0 Å². The van der Waals surface area contributed by atoms with E-state index in [-0.39, 0.29) is 22.4 Å². The number of nitrogens with two attached hydrogens (primary N) is 1. The molecule has 1 fully saturated rings. The molecule has 3 aromatic rings. The summed E-state index contributed by atoms with van der Waals surface area (Å²) in [7, 11) is -7.52. The molecule has 2 heterocycles. The lowest BCUT2D eigenvalue weighted by atomic mass is 10.2. The molecule has 11 heteroatoms. The van der Waals surface area contributed by atoms with E-state index in [1.165, 1.54) is 23.5 Å². The number of primary sulfonamides is 1. The van der Waals surface area contributed by atoms with Crippen LogP contribution < -0.4 is 9.86 Å². The Hall–Kier alpha value is -2.05. The highest BCUT2D eigenvalue weighted by Gasteiger charge is 2.27. The summed E-state index contributed by atoms with van der Waals surface area (Å²) in [6.07, 6.45) is 6.33. The highest BCUT2D eigenvalue weighted by Crippen LogP contribution is 2.34. The van der Waals surface area contributed by atoms with Crippen molar-refractivity contribution in [3.8, 4) is 10.6 Å². The SMILES string of the molecule is NS(=O)(=O)c1ccc(CCNS(=O)(=O)c2cn(C3CCCC3)nc2-c2cccs2)cc1. The summed E-state index contributed by atoms with van der Waals surface area (Å²) in [6, 6.07) is 10.1. The Bertz CT molecular complexity index is 1240. The molecule has 0 unspecified atom stereocenters. The number of nitrogens with zero attached hydrogens (tertiary/aromatic N) is 2. The van der Waals surface area contributed by atoms with Crippen molar-refractivity contribution in [2.75, 3.05) is 6.54 Å². The second kappa shape index (κ2) is 8.83. The fourth-order valence-electron chi connectivity index (χ4n) is 3.76. The zero-order chi connectivity index (χ0) is 22.1. The molecule has 0 aliphatic heterocycles. The molecule has 0 spiro atoms. The van der Waals surface area contributed by atoms with Gasteiger partial charge in [0.25, 0.3) is 0 Å². The first-order chi connectivity index (χ1) is 14.7. The van der Waals surface area contributed by atoms with Crippen LogP contribution in [0.2, 0.25) is 0 Å². The predicted octanol–water partition coefficient (Wildman–Crippen LogP) is 2.90. The highest BCUT2D eigenvalue weighted by atomic mass is 32.2. The van der Waals surface area contributed by atoms with Crippen LogP contribution in [0.25, 0.3) is 10.6 Å². The van der Waals surface area contributed by atoms with Crippen LogP contribution in [0, 0.1) is 0 Å². The maximum atomic E-state index is 13.1. The molecule has 31 heavy (non-hydrogen) atoms. The quantitative estimate of drug-likeness (QED) is 0.513. The van der Waals surface area contributed by atoms with Gasteiger partial charge in [0, 0.05) is 12.7 Å². The van der Waals surface area contributed by atoms with Gasteiger partial charge in [-0.15, -0.1) is 11.3 Å². The van der Waals surface area contributed by atoms with E-state index in [1.807, 2.05) is 22.2 Å². The lowest BCUT2D eigenvalue weighted by Crippen LogP contribution is -2.26. The fourth-order valence-corrected chi connectivity index (χ4v) is 6.25. The minimum atomic E-state index is -3.77. The van der Waals surface area contributed by atoms with E-state index in [1.54, 1.807) is 18.3 Å². The summed E-state index contributed by atoms with van der Waals surface area (Å²) >= 11 is 1.46. The number of nitrogens with one attached hydrogen (secondary N) is 1. The number of benzene rings is 1. The van der Waals surface area contributed by atoms with Gasteiger partial charge >= 0.3 is 0 Å². The highest BCUT2D eigenvalue weighted by molar-refractivity contribution is 7.89. The molecule has 0 atom stereocenters. The Morgan fingerprint density at radius 1 is 1.10 bits per heavy atom. The van der Waals surface area contributed by atoms with E-state index in [0.717, 1.165) is 36.1 Å². The van der Waals surface area contributed by atoms with Crippen molar-refractivity contribution in [3.05, 3.63) is 53.5 Å². The van der Waals surface area contributed by atoms with Crippen LogP contribution in [-0.2, 0) is 26.5 Å². The molecular formula is C20H24N4O4S3. The van der Waals surface area contributed by atoms with Crippen LogP contribution >= 0.6 is 11.3 Å². The second-order valence-electron chi connectivity index (χ2n) is 7.57. The number of sulfonamides is 2. The summed E-state index contributed by atoms with van der Waals surface area (Å²) in [6.45, 7) is 0.176. The molecule has 8 nitrogen and oxygen atoms in total. The van der Waals surface area contributed by atoms with E-state index in [4.69, 9.17) is 5.14 Å². The first-order valence-electron chi connectivity index (χ1n) is 9.98. The Kier molecular flexibility index (Phi) is 6.31. The third-order valence-electron chi connectivity index (χ3n) is 5.40. The van der Waals surface area contributed by atoms with Crippen LogP contribution in [0.1, 0.15) is 37.3 Å². The third-order valence-corrected chi connectivity index (χ3v) is 8.67. The smallest absolute Gasteiger partial charge is 0.244 e. The normalized spacial score (nSPS) is 15.5. The van der Waals surface area contributed by atoms with Gasteiger partial charge in [-0.05, 0) is 48.4 Å². The van der Waals surface area contributed by atoms with Crippen LogP contribution in [0.5, 0.6) is 0 Å². The van der Waals surface area contributed by atoms with E-state index >= 15 is 0 Å². The predicted molar refractivity (Wildman–Crippen MR) is 120 cm³/mol. The lowest BCUT2D eigenvalue weighted by Gasteiger charge is -2.08. The van der Waals surface area contributed by atoms with Crippen LogP contribution in [-0.4, -0.2) is 33.2 Å². The minimum absolute atomic E-state index is 0.0248. The van der Waals surface area contributed by atoms with Gasteiger partial charge in [0.2, 0.25) is 20.0 Å². The second-order valence-corrected chi connectivity index (χ2v) is 11.8. The van der Waals surface area contributed by atoms with Gasteiger partial charge in [0.1, 0.15) is 10.6 Å². The van der Waals surface area contributed by atoms with Crippen molar-refractivity contribution in [1.29, 1.82) is 0 Å². The summed E-state index contributed by atoms with van der Waals surface area (Å²) in [5, 5.41) is 11.6. The Balaban J connectivity index is 1.51. The molecule has 3 N–H and O–H groups in total. The largest absolute Gasteiger partial charge is 0.268 e. The molecule has 0 amide bonds. The van der Waals surface area contributed by atoms with Crippen molar-refractivity contribution in [2.45, 2.75) is 47.9 Å². The Labute approximate surface area is 186 Å². The van der Waals surface area contributed by atoms with Gasteiger partial charge in [-0.25, -0.2) is 26.7 Å². The zero-order valence-electron chi connectivity index (χ0n) is 16.8. The molecule has 0 radical (unpaired) electrons. The molecule has 4 rings (SSSR count). The number of hydrogen-bond donors (Lipinski definition) is 2. The fraction of sp³-hybridized carbons (Fsp3) is 0.350. The standard InChI is InChI=1S/C20H24N4O4S3/c21-30(25,26)17-9-7-15(8-10-17)11-12-22-31(27,28)19-14-24(16-4-1-2-5-16)23-20(19)18-6-3-13-29-18/h3,6-10,13-14,16,22H,1-2,4-5,11-12H2,(H2,21,25,26). The van der Waals surface area contributed by atoms with Gasteiger partial charge in [0.15, 0.2) is 0 Å². The topological polar surface area (TPSA) is 124 Å². The lowest BCUT2D eigenvalue weighted by molar-refractivity contribution is 0.467. The van der Waals surface area contributed by atoms with Crippen molar-refractivity contribution in [2.24, 2.45) is 5.14 Å². The Morgan fingerprint density at radius 3 is 2.42 bits per heavy atom. The molecule has 1 aliphatic carbocycles. The Morgan fingerprint density at radius 2 is 1.81 bits per heavy atom. The van der Waals surface area contributed by atoms with Gasteiger partial charge in [-0.1, -0.05) is 31.0 Å². The molecule has 166 valence electrons. The minimum Gasteiger partial charge on any atom is -0.268 e. The maximum absolute atomic E-state index is 13.1. The number of thiophene rings is 1. The molecule has 1 saturated carbocycles. The zero-order valence-corrected chi connectivity index (χ0v) is 19.2. The average Bonchev–Trinajstić information content (AvgIpc) is 3.48. The maximum Gasteiger partial charge on any atom is 0.244 e. The van der Waals surface area contributed by atoms with Crippen LogP contribution in [0.4, 0.5) is 0 Å². The van der Waals surface area contributed by atoms with Gasteiger partial charge < -0.3 is 0 Å². The van der Waals surface area contributed by atoms with E-state index in [9.17, 15) is 16.8 Å². The number of rotatable bonds is 8. The van der Waals surface area contributed by atoms with E-state index < -0.39 is 20.0 Å². The molecule has 1 aliphatic rings. The summed E-state index contributed by atoms with van der Waals surface area (Å²) in [4.78, 5) is 1.03. The third kappa shape index (κ3) is 5.07. The van der Waals surface area contributed by atoms with Gasteiger partial charge in [0.05, 0.1) is 15.8 Å². The molecule has 1 aromatic carbocycles. The average molecular weight is 481 g/mol. The summed E-state index contributed by atoms with van der Waals surface area (Å²) < 4.78 is 53.4. The van der Waals surface area contributed by atoms with Crippen molar-refractivity contribution < 1.29 is 16.8 Å². The van der Waals surface area contributed by atoms with Gasteiger partial charge in [-0.3, -0.25) is 4.68 Å². The first-order valence-corrected chi connectivity index (χ1v) is 13.9. The summed E-state index contributed by atoms with van der Waals surface area (Å²) in [5.74, 6) is 0. The molecule has 0 saturated heterocycles. The van der Waals surface area contributed by atoms with Crippen molar-refractivity contribution >= 4 is 31.4 Å². The number of hydrogen-bond acceptors (Lipinski definition) is 6. The molecule has 2 aromatic heterocycles. The molecular weight excluding hydrogens is 456 g/mol. The van der Waals surface area contributed by atoms with Crippen LogP contribution in [0.15, 0.2) is 57.8 Å². The van der Waals surface area contributed by atoms with E-state index in [2.05, 4.69) is 9.82 Å². The number of aromatic nitrogens is 2. The first kappa shape index (κ1) is 22.2. The van der Waals surface area contributed by atoms with Gasteiger partial charge in [-0.2, -0.15) is 5.10 Å². The van der Waals surface area contributed by atoms with Crippen molar-refractivity contribution in [3.63, 3.8) is 0 Å². The van der Waals surface area contributed by atoms with E-state index in [0.29, 0.717) is 12.1 Å². The monoisotopic (exact) mass is 480 g/mol. The summed E-state index contributed by atoms with van der Waals surface area (Å²) in [5.41, 5.74) is 1.28. The van der Waals surface area contributed by atoms with Crippen molar-refractivity contribution in [1.82, 2.24) is 14.5 Å². The molecule has 0 bridgehead atoms.